The molecule has 0 radical (unpaired) electrons. The zero-order chi connectivity index (χ0) is 20.9. The minimum Gasteiger partial charge on any atom is -0.489 e. The van der Waals surface area contributed by atoms with Gasteiger partial charge < -0.3 is 10.1 Å². The molecule has 0 bridgehead atoms. The molecule has 0 aliphatic heterocycles. The van der Waals surface area contributed by atoms with Crippen LogP contribution in [0, 0.1) is 11.6 Å². The smallest absolute Gasteiger partial charge is 0.275 e. The monoisotopic (exact) mass is 422 g/mol. The van der Waals surface area contributed by atoms with Crippen molar-refractivity contribution in [2.24, 2.45) is 0 Å². The number of nitrogens with one attached hydrogen (secondary N) is 1. The number of carbonyl (C=O) groups excluding carboxylic acids is 1. The molecule has 1 amide bonds. The fourth-order valence-electron chi connectivity index (χ4n) is 2.71. The highest BCUT2D eigenvalue weighted by Crippen LogP contribution is 2.27. The van der Waals surface area contributed by atoms with Crippen LogP contribution in [0.15, 0.2) is 78.2 Å². The molecule has 0 atom stereocenters. The Morgan fingerprint density at radius 2 is 1.67 bits per heavy atom. The third-order valence-electron chi connectivity index (χ3n) is 4.24. The molecular formula is C23H16F2N2O2S. The van der Waals surface area contributed by atoms with Crippen molar-refractivity contribution in [1.82, 2.24) is 4.98 Å². The Hall–Kier alpha value is -3.58. The second-order valence-corrected chi connectivity index (χ2v) is 7.30. The molecule has 0 aliphatic carbocycles. The van der Waals surface area contributed by atoms with Crippen LogP contribution in [-0.2, 0) is 6.61 Å². The number of benzene rings is 3. The van der Waals surface area contributed by atoms with E-state index in [2.05, 4.69) is 10.3 Å². The first-order valence-electron chi connectivity index (χ1n) is 9.07. The normalized spacial score (nSPS) is 10.6. The number of carbonyl (C=O) groups is 1. The number of rotatable bonds is 6. The van der Waals surface area contributed by atoms with Gasteiger partial charge in [0.25, 0.3) is 5.91 Å². The van der Waals surface area contributed by atoms with Gasteiger partial charge >= 0.3 is 0 Å². The first-order chi connectivity index (χ1) is 14.6. The summed E-state index contributed by atoms with van der Waals surface area (Å²) < 4.78 is 31.8. The van der Waals surface area contributed by atoms with Gasteiger partial charge in [0.05, 0.1) is 0 Å². The van der Waals surface area contributed by atoms with Crippen molar-refractivity contribution in [3.05, 3.63) is 101 Å². The number of nitrogens with zero attached hydrogens (tertiary/aromatic N) is 1. The molecule has 30 heavy (non-hydrogen) atoms. The minimum absolute atomic E-state index is 0.275. The van der Waals surface area contributed by atoms with Gasteiger partial charge in [-0.15, -0.1) is 11.3 Å². The highest BCUT2D eigenvalue weighted by Gasteiger charge is 2.13. The lowest BCUT2D eigenvalue weighted by Crippen LogP contribution is -2.12. The van der Waals surface area contributed by atoms with Crippen molar-refractivity contribution in [1.29, 1.82) is 0 Å². The lowest BCUT2D eigenvalue weighted by molar-refractivity contribution is 0.102. The molecule has 4 nitrogen and oxygen atoms in total. The number of hydrogen-bond donors (Lipinski definition) is 1. The van der Waals surface area contributed by atoms with E-state index in [0.717, 1.165) is 11.1 Å². The highest BCUT2D eigenvalue weighted by atomic mass is 32.1. The van der Waals surface area contributed by atoms with Crippen molar-refractivity contribution in [3.63, 3.8) is 0 Å². The Bertz CT molecular complexity index is 1160. The van der Waals surface area contributed by atoms with Crippen molar-refractivity contribution in [3.8, 4) is 16.3 Å². The molecule has 4 aromatic rings. The molecule has 7 heteroatoms. The van der Waals surface area contributed by atoms with Crippen molar-refractivity contribution in [2.45, 2.75) is 6.61 Å². The molecular weight excluding hydrogens is 406 g/mol. The summed E-state index contributed by atoms with van der Waals surface area (Å²) >= 11 is 1.34. The maximum Gasteiger partial charge on any atom is 0.275 e. The number of halogens is 2. The molecule has 1 heterocycles. The molecule has 1 aromatic heterocycles. The Labute approximate surface area is 175 Å². The third kappa shape index (κ3) is 4.87. The van der Waals surface area contributed by atoms with Crippen LogP contribution in [0.1, 0.15) is 16.1 Å². The van der Waals surface area contributed by atoms with Crippen LogP contribution >= 0.6 is 11.3 Å². The molecule has 1 N–H and O–H groups in total. The van der Waals surface area contributed by atoms with E-state index in [1.54, 1.807) is 17.5 Å². The van der Waals surface area contributed by atoms with Gasteiger partial charge in [0.15, 0.2) is 0 Å². The van der Waals surface area contributed by atoms with Crippen LogP contribution < -0.4 is 10.1 Å². The Balaban J connectivity index is 1.43. The van der Waals surface area contributed by atoms with E-state index >= 15 is 0 Å². The zero-order valence-corrected chi connectivity index (χ0v) is 16.5. The van der Waals surface area contributed by atoms with E-state index in [1.807, 2.05) is 24.3 Å². The van der Waals surface area contributed by atoms with Gasteiger partial charge in [-0.25, -0.2) is 13.8 Å². The van der Waals surface area contributed by atoms with Gasteiger partial charge in [-0.2, -0.15) is 0 Å². The molecule has 0 unspecified atom stereocenters. The van der Waals surface area contributed by atoms with Crippen molar-refractivity contribution < 1.29 is 18.3 Å². The number of ether oxygens (including phenoxy) is 1. The topological polar surface area (TPSA) is 51.2 Å². The number of amides is 1. The van der Waals surface area contributed by atoms with Gasteiger partial charge in [-0.3, -0.25) is 4.79 Å². The highest BCUT2D eigenvalue weighted by molar-refractivity contribution is 7.13. The summed E-state index contributed by atoms with van der Waals surface area (Å²) in [5.74, 6) is -0.383. The summed E-state index contributed by atoms with van der Waals surface area (Å²) in [5.41, 5.74) is 2.44. The molecule has 0 spiro atoms. The summed E-state index contributed by atoms with van der Waals surface area (Å²) in [4.78, 5) is 16.8. The van der Waals surface area contributed by atoms with Gasteiger partial charge in [-0.05, 0) is 54.1 Å². The van der Waals surface area contributed by atoms with Crippen molar-refractivity contribution >= 4 is 22.9 Å². The lowest BCUT2D eigenvalue weighted by atomic mass is 10.2. The van der Waals surface area contributed by atoms with Crippen LogP contribution in [-0.4, -0.2) is 10.9 Å². The quantitative estimate of drug-likeness (QED) is 0.420. The average Bonchev–Trinajstić information content (AvgIpc) is 3.26. The van der Waals surface area contributed by atoms with Gasteiger partial charge in [-0.1, -0.05) is 24.3 Å². The second kappa shape index (κ2) is 8.84. The largest absolute Gasteiger partial charge is 0.489 e. The summed E-state index contributed by atoms with van der Waals surface area (Å²) in [6.07, 6.45) is 0. The summed E-state index contributed by atoms with van der Waals surface area (Å²) in [5, 5.41) is 5.03. The molecule has 3 aromatic carbocycles. The van der Waals surface area contributed by atoms with E-state index in [-0.39, 0.29) is 23.2 Å². The van der Waals surface area contributed by atoms with E-state index in [0.29, 0.717) is 23.1 Å². The number of aromatic nitrogens is 1. The first kappa shape index (κ1) is 19.7. The van der Waals surface area contributed by atoms with E-state index in [4.69, 9.17) is 4.74 Å². The number of hydrogen-bond acceptors (Lipinski definition) is 4. The van der Waals surface area contributed by atoms with Crippen LogP contribution in [0.2, 0.25) is 0 Å². The second-order valence-electron chi connectivity index (χ2n) is 6.44. The minimum atomic E-state index is -0.370. The standard InChI is InChI=1S/C23H16F2N2O2S/c24-17-6-4-15(5-7-17)13-29-20-3-1-2-16(12-20)23-27-21(14-30-23)22(28)26-19-10-8-18(25)9-11-19/h1-12,14H,13H2,(H,26,28). The molecule has 0 saturated carbocycles. The van der Waals surface area contributed by atoms with E-state index in [9.17, 15) is 13.6 Å². The zero-order valence-electron chi connectivity index (χ0n) is 15.6. The fourth-order valence-corrected chi connectivity index (χ4v) is 3.50. The van der Waals surface area contributed by atoms with E-state index < -0.39 is 0 Å². The van der Waals surface area contributed by atoms with Crippen molar-refractivity contribution in [2.75, 3.05) is 5.32 Å². The van der Waals surface area contributed by atoms with Crippen LogP contribution in [0.3, 0.4) is 0 Å². The predicted octanol–water partition coefficient (Wildman–Crippen LogP) is 5.92. The predicted molar refractivity (Wildman–Crippen MR) is 113 cm³/mol. The number of anilines is 1. The molecule has 4 rings (SSSR count). The van der Waals surface area contributed by atoms with Gasteiger partial charge in [0.2, 0.25) is 0 Å². The van der Waals surface area contributed by atoms with Crippen LogP contribution in [0.25, 0.3) is 10.6 Å². The maximum absolute atomic E-state index is 13.0. The maximum atomic E-state index is 13.0. The first-order valence-corrected chi connectivity index (χ1v) is 9.95. The lowest BCUT2D eigenvalue weighted by Gasteiger charge is -2.07. The summed E-state index contributed by atoms with van der Waals surface area (Å²) in [6.45, 7) is 0.312. The van der Waals surface area contributed by atoms with Gasteiger partial charge in [0.1, 0.15) is 34.7 Å². The Morgan fingerprint density at radius 1 is 0.967 bits per heavy atom. The Kier molecular flexibility index (Phi) is 5.81. The Morgan fingerprint density at radius 3 is 2.40 bits per heavy atom. The third-order valence-corrected chi connectivity index (χ3v) is 5.13. The van der Waals surface area contributed by atoms with Gasteiger partial charge in [0, 0.05) is 16.6 Å². The summed E-state index contributed by atoms with van der Waals surface area (Å²) in [7, 11) is 0. The van der Waals surface area contributed by atoms with Crippen LogP contribution in [0.5, 0.6) is 5.75 Å². The molecule has 0 saturated heterocycles. The SMILES string of the molecule is O=C(Nc1ccc(F)cc1)c1csc(-c2cccc(OCc3ccc(F)cc3)c2)n1. The van der Waals surface area contributed by atoms with Crippen LogP contribution in [0.4, 0.5) is 14.5 Å². The average molecular weight is 422 g/mol. The van der Waals surface area contributed by atoms with E-state index in [1.165, 1.54) is 47.7 Å². The fraction of sp³-hybridized carbons (Fsp3) is 0.0435. The summed E-state index contributed by atoms with van der Waals surface area (Å²) in [6, 6.07) is 19.0. The molecule has 150 valence electrons. The molecule has 0 fully saturated rings. The molecule has 0 aliphatic rings. The number of thiazole rings is 1.